The average molecular weight is 379 g/mol. The first kappa shape index (κ1) is 17.2. The number of para-hydroxylation sites is 1. The van der Waals surface area contributed by atoms with Gasteiger partial charge in [-0.2, -0.15) is 0 Å². The number of hydrogen-bond acceptors (Lipinski definition) is 4. The standard InChI is InChI=1S/C20H17N3O3S/c1-11(17-10-12-5-3-4-6-16(12)26-17)21-18(24)13-7-8-14-15(9-13)22-20(27)23(2)19(14)25/h3-11H,1-2H3,(H,21,24)(H,22,27). The molecular formula is C20H17N3O3S. The smallest absolute Gasteiger partial charge is 0.261 e. The van der Waals surface area contributed by atoms with Crippen LogP contribution < -0.4 is 10.9 Å². The summed E-state index contributed by atoms with van der Waals surface area (Å²) in [6.45, 7) is 1.86. The van der Waals surface area contributed by atoms with Crippen molar-refractivity contribution >= 4 is 40.0 Å². The third-order valence-electron chi connectivity index (χ3n) is 4.58. The molecular weight excluding hydrogens is 362 g/mol. The van der Waals surface area contributed by atoms with E-state index in [1.807, 2.05) is 37.3 Å². The number of aromatic nitrogens is 2. The molecule has 1 unspecified atom stereocenters. The zero-order chi connectivity index (χ0) is 19.1. The molecule has 0 aliphatic carbocycles. The number of nitrogens with one attached hydrogen (secondary N) is 2. The molecule has 4 aromatic rings. The summed E-state index contributed by atoms with van der Waals surface area (Å²) in [6.07, 6.45) is 0. The van der Waals surface area contributed by atoms with E-state index in [1.54, 1.807) is 25.2 Å². The van der Waals surface area contributed by atoms with Gasteiger partial charge in [0.05, 0.1) is 16.9 Å². The summed E-state index contributed by atoms with van der Waals surface area (Å²) in [5.41, 5.74) is 1.55. The van der Waals surface area contributed by atoms with E-state index >= 15 is 0 Å². The van der Waals surface area contributed by atoms with E-state index in [1.165, 1.54) is 4.57 Å². The summed E-state index contributed by atoms with van der Waals surface area (Å²) in [6, 6.07) is 14.2. The van der Waals surface area contributed by atoms with E-state index in [4.69, 9.17) is 16.6 Å². The van der Waals surface area contributed by atoms with E-state index < -0.39 is 0 Å². The van der Waals surface area contributed by atoms with Crippen LogP contribution in [0.3, 0.4) is 0 Å². The maximum Gasteiger partial charge on any atom is 0.261 e. The number of amides is 1. The number of H-pyrrole nitrogens is 1. The van der Waals surface area contributed by atoms with E-state index in [9.17, 15) is 9.59 Å². The van der Waals surface area contributed by atoms with Crippen LogP contribution in [0.4, 0.5) is 0 Å². The third-order valence-corrected chi connectivity index (χ3v) is 4.96. The molecule has 2 aromatic carbocycles. The van der Waals surface area contributed by atoms with Gasteiger partial charge in [-0.05, 0) is 49.5 Å². The van der Waals surface area contributed by atoms with Crippen molar-refractivity contribution in [3.63, 3.8) is 0 Å². The zero-order valence-electron chi connectivity index (χ0n) is 14.8. The number of nitrogens with zero attached hydrogens (tertiary/aromatic N) is 1. The first-order valence-electron chi connectivity index (χ1n) is 8.46. The number of hydrogen-bond donors (Lipinski definition) is 2. The Morgan fingerprint density at radius 1 is 1.22 bits per heavy atom. The largest absolute Gasteiger partial charge is 0.459 e. The molecule has 0 saturated heterocycles. The van der Waals surface area contributed by atoms with Crippen LogP contribution in [0, 0.1) is 4.77 Å². The molecule has 0 bridgehead atoms. The molecule has 1 amide bonds. The number of furan rings is 1. The van der Waals surface area contributed by atoms with Gasteiger partial charge in [-0.25, -0.2) is 0 Å². The lowest BCUT2D eigenvalue weighted by Crippen LogP contribution is -2.26. The zero-order valence-corrected chi connectivity index (χ0v) is 15.6. The summed E-state index contributed by atoms with van der Waals surface area (Å²) in [4.78, 5) is 27.9. The van der Waals surface area contributed by atoms with Gasteiger partial charge in [-0.1, -0.05) is 18.2 Å². The number of benzene rings is 2. The molecule has 2 aromatic heterocycles. The molecule has 4 rings (SSSR count). The summed E-state index contributed by atoms with van der Waals surface area (Å²) >= 11 is 5.14. The predicted molar refractivity (Wildman–Crippen MR) is 106 cm³/mol. The van der Waals surface area contributed by atoms with Crippen molar-refractivity contribution < 1.29 is 9.21 Å². The van der Waals surface area contributed by atoms with Gasteiger partial charge in [0.1, 0.15) is 11.3 Å². The molecule has 136 valence electrons. The minimum absolute atomic E-state index is 0.198. The molecule has 0 fully saturated rings. The fourth-order valence-corrected chi connectivity index (χ4v) is 3.21. The molecule has 0 radical (unpaired) electrons. The number of carbonyl (C=O) groups is 1. The van der Waals surface area contributed by atoms with Crippen LogP contribution in [0.2, 0.25) is 0 Å². The maximum atomic E-state index is 12.6. The number of aromatic amines is 1. The van der Waals surface area contributed by atoms with Gasteiger partial charge in [0.15, 0.2) is 4.77 Å². The van der Waals surface area contributed by atoms with Crippen molar-refractivity contribution in [3.05, 3.63) is 75.0 Å². The van der Waals surface area contributed by atoms with E-state index in [0.29, 0.717) is 27.0 Å². The highest BCUT2D eigenvalue weighted by molar-refractivity contribution is 7.71. The van der Waals surface area contributed by atoms with Crippen molar-refractivity contribution in [2.75, 3.05) is 0 Å². The van der Waals surface area contributed by atoms with Gasteiger partial charge in [0.25, 0.3) is 11.5 Å². The lowest BCUT2D eigenvalue weighted by atomic mass is 10.1. The minimum Gasteiger partial charge on any atom is -0.459 e. The van der Waals surface area contributed by atoms with Crippen molar-refractivity contribution in [2.24, 2.45) is 7.05 Å². The Morgan fingerprint density at radius 3 is 2.78 bits per heavy atom. The Balaban J connectivity index is 1.63. The van der Waals surface area contributed by atoms with Gasteiger partial charge >= 0.3 is 0 Å². The monoisotopic (exact) mass is 379 g/mol. The topological polar surface area (TPSA) is 80.0 Å². The average Bonchev–Trinajstić information content (AvgIpc) is 3.10. The molecule has 0 aliphatic rings. The van der Waals surface area contributed by atoms with E-state index in [-0.39, 0.29) is 17.5 Å². The molecule has 2 N–H and O–H groups in total. The Labute approximate surface area is 159 Å². The van der Waals surface area contributed by atoms with Gasteiger partial charge in [0, 0.05) is 18.0 Å². The second-order valence-corrected chi connectivity index (χ2v) is 6.82. The molecule has 0 spiro atoms. The second-order valence-electron chi connectivity index (χ2n) is 6.44. The molecule has 0 saturated carbocycles. The van der Waals surface area contributed by atoms with Crippen LogP contribution in [0.1, 0.15) is 29.1 Å². The number of fused-ring (bicyclic) bond motifs is 2. The van der Waals surface area contributed by atoms with Crippen molar-refractivity contribution in [1.82, 2.24) is 14.9 Å². The Bertz CT molecular complexity index is 1270. The number of rotatable bonds is 3. The molecule has 27 heavy (non-hydrogen) atoms. The SMILES string of the molecule is CC(NC(=O)c1ccc2c(=O)n(C)c(=S)[nH]c2c1)c1cc2ccccc2o1. The van der Waals surface area contributed by atoms with Crippen molar-refractivity contribution in [1.29, 1.82) is 0 Å². The molecule has 2 heterocycles. The Hall–Kier alpha value is -3.19. The predicted octanol–water partition coefficient (Wildman–Crippen LogP) is 3.83. The normalized spacial score (nSPS) is 12.4. The van der Waals surface area contributed by atoms with E-state index in [2.05, 4.69) is 10.3 Å². The first-order valence-corrected chi connectivity index (χ1v) is 8.87. The highest BCUT2D eigenvalue weighted by Crippen LogP contribution is 2.24. The van der Waals surface area contributed by atoms with Gasteiger partial charge in [-0.15, -0.1) is 0 Å². The van der Waals surface area contributed by atoms with Crippen LogP contribution in [0.25, 0.3) is 21.9 Å². The van der Waals surface area contributed by atoms with Crippen LogP contribution in [0.5, 0.6) is 0 Å². The van der Waals surface area contributed by atoms with Crippen molar-refractivity contribution in [2.45, 2.75) is 13.0 Å². The quantitative estimate of drug-likeness (QED) is 0.530. The first-order chi connectivity index (χ1) is 12.9. The highest BCUT2D eigenvalue weighted by Gasteiger charge is 2.16. The van der Waals surface area contributed by atoms with E-state index in [0.717, 1.165) is 11.0 Å². The molecule has 7 heteroatoms. The molecule has 0 aliphatic heterocycles. The van der Waals surface area contributed by atoms with Crippen LogP contribution in [0.15, 0.2) is 57.7 Å². The van der Waals surface area contributed by atoms with Gasteiger partial charge in [-0.3, -0.25) is 14.2 Å². The van der Waals surface area contributed by atoms with Gasteiger partial charge < -0.3 is 14.7 Å². The number of carbonyl (C=O) groups excluding carboxylic acids is 1. The van der Waals surface area contributed by atoms with Crippen molar-refractivity contribution in [3.8, 4) is 0 Å². The summed E-state index contributed by atoms with van der Waals surface area (Å²) in [5.74, 6) is 0.420. The lowest BCUT2D eigenvalue weighted by Gasteiger charge is -2.12. The minimum atomic E-state index is -0.303. The summed E-state index contributed by atoms with van der Waals surface area (Å²) in [7, 11) is 1.61. The maximum absolute atomic E-state index is 12.6. The fraction of sp³-hybridized carbons (Fsp3) is 0.150. The van der Waals surface area contributed by atoms with Gasteiger partial charge in [0.2, 0.25) is 0 Å². The molecule has 6 nitrogen and oxygen atoms in total. The second kappa shape index (κ2) is 6.51. The third kappa shape index (κ3) is 3.06. The Morgan fingerprint density at radius 2 is 2.00 bits per heavy atom. The lowest BCUT2D eigenvalue weighted by molar-refractivity contribution is 0.0936. The van der Waals surface area contributed by atoms with Crippen LogP contribution in [-0.2, 0) is 7.05 Å². The van der Waals surface area contributed by atoms with Crippen LogP contribution in [-0.4, -0.2) is 15.5 Å². The highest BCUT2D eigenvalue weighted by atomic mass is 32.1. The summed E-state index contributed by atoms with van der Waals surface area (Å²) < 4.78 is 7.47. The Kier molecular flexibility index (Phi) is 4.16. The fourth-order valence-electron chi connectivity index (χ4n) is 3.01. The summed E-state index contributed by atoms with van der Waals surface area (Å²) in [5, 5.41) is 4.39. The van der Waals surface area contributed by atoms with Crippen LogP contribution >= 0.6 is 12.2 Å². The molecule has 1 atom stereocenters.